The monoisotopic (exact) mass is 546 g/mol. The fraction of sp³-hybridized carbons (Fsp3) is 0.500. The minimum Gasteiger partial charge on any atom is -0.458 e. The standard InChI is InChI=1S/C32H38N2O6/c1-3-5-6-7-8-9-10-11-12-16-28(35)40-27-15-13-14-25-22(27)17-21-19-34-26(29(21)33-25)18-24-23(30(34)36)20-39-31(37)32(24,38)4-2/h13-15,17-18,38H,3-12,16,19-20H2,1-2H3. The van der Waals surface area contributed by atoms with Crippen molar-refractivity contribution in [2.24, 2.45) is 0 Å². The number of aliphatic hydroxyl groups is 1. The normalized spacial score (nSPS) is 17.3. The molecule has 0 radical (unpaired) electrons. The largest absolute Gasteiger partial charge is 0.458 e. The van der Waals surface area contributed by atoms with Crippen LogP contribution in [0.15, 0.2) is 35.1 Å². The number of benzene rings is 1. The molecule has 2 aliphatic heterocycles. The molecule has 1 N–H and O–H groups in total. The molecular formula is C32H38N2O6. The van der Waals surface area contributed by atoms with Crippen molar-refractivity contribution in [3.63, 3.8) is 0 Å². The van der Waals surface area contributed by atoms with Gasteiger partial charge in [-0.25, -0.2) is 9.78 Å². The molecule has 0 bridgehead atoms. The van der Waals surface area contributed by atoms with Crippen LogP contribution in [0.2, 0.25) is 0 Å². The van der Waals surface area contributed by atoms with Crippen molar-refractivity contribution in [3.8, 4) is 17.1 Å². The Labute approximate surface area is 234 Å². The van der Waals surface area contributed by atoms with Gasteiger partial charge >= 0.3 is 11.9 Å². The fourth-order valence-corrected chi connectivity index (χ4v) is 5.82. The molecule has 0 spiro atoms. The lowest BCUT2D eigenvalue weighted by Crippen LogP contribution is -2.44. The van der Waals surface area contributed by atoms with E-state index in [1.165, 1.54) is 38.5 Å². The first-order valence-electron chi connectivity index (χ1n) is 14.7. The molecule has 0 aliphatic carbocycles. The third-order valence-corrected chi connectivity index (χ3v) is 8.22. The van der Waals surface area contributed by atoms with Crippen molar-refractivity contribution < 1.29 is 24.2 Å². The zero-order valence-corrected chi connectivity index (χ0v) is 23.5. The van der Waals surface area contributed by atoms with Gasteiger partial charge in [0.15, 0.2) is 5.60 Å². The molecule has 1 aromatic carbocycles. The lowest BCUT2D eigenvalue weighted by molar-refractivity contribution is -0.172. The molecule has 2 aromatic heterocycles. The summed E-state index contributed by atoms with van der Waals surface area (Å²) in [7, 11) is 0. The second-order valence-electron chi connectivity index (χ2n) is 11.0. The maximum Gasteiger partial charge on any atom is 0.343 e. The van der Waals surface area contributed by atoms with E-state index < -0.39 is 11.6 Å². The van der Waals surface area contributed by atoms with E-state index in [1.807, 2.05) is 12.1 Å². The third kappa shape index (κ3) is 5.29. The van der Waals surface area contributed by atoms with Gasteiger partial charge in [0.25, 0.3) is 5.56 Å². The van der Waals surface area contributed by atoms with Gasteiger partial charge in [-0.2, -0.15) is 0 Å². The van der Waals surface area contributed by atoms with Crippen LogP contribution in [0.3, 0.4) is 0 Å². The summed E-state index contributed by atoms with van der Waals surface area (Å²) in [6.45, 7) is 4.03. The van der Waals surface area contributed by atoms with E-state index in [2.05, 4.69) is 6.92 Å². The predicted octanol–water partition coefficient (Wildman–Crippen LogP) is 5.91. The number of carbonyl (C=O) groups is 2. The van der Waals surface area contributed by atoms with Crippen LogP contribution in [-0.2, 0) is 33.1 Å². The van der Waals surface area contributed by atoms with Gasteiger partial charge in [0.1, 0.15) is 12.4 Å². The molecule has 0 saturated heterocycles. The first-order valence-corrected chi connectivity index (χ1v) is 14.7. The average molecular weight is 547 g/mol. The number of ether oxygens (including phenoxy) is 2. The van der Waals surface area contributed by atoms with Crippen molar-refractivity contribution in [1.82, 2.24) is 9.55 Å². The van der Waals surface area contributed by atoms with Crippen LogP contribution in [0.1, 0.15) is 101 Å². The van der Waals surface area contributed by atoms with Crippen molar-refractivity contribution in [3.05, 3.63) is 57.4 Å². The first-order chi connectivity index (χ1) is 19.4. The van der Waals surface area contributed by atoms with Gasteiger partial charge in [-0.15, -0.1) is 0 Å². The summed E-state index contributed by atoms with van der Waals surface area (Å²) in [5.74, 6) is -0.548. The van der Waals surface area contributed by atoms with Gasteiger partial charge in [0.2, 0.25) is 0 Å². The van der Waals surface area contributed by atoms with Crippen molar-refractivity contribution >= 4 is 22.8 Å². The molecule has 8 heteroatoms. The van der Waals surface area contributed by atoms with Crippen molar-refractivity contribution in [2.45, 2.75) is 103 Å². The number of hydrogen-bond donors (Lipinski definition) is 1. The van der Waals surface area contributed by atoms with Crippen LogP contribution in [0, 0.1) is 0 Å². The molecule has 8 nitrogen and oxygen atoms in total. The molecular weight excluding hydrogens is 508 g/mol. The minimum absolute atomic E-state index is 0.0908. The molecule has 4 heterocycles. The van der Waals surface area contributed by atoms with Gasteiger partial charge in [0.05, 0.1) is 29.0 Å². The number of rotatable bonds is 12. The average Bonchev–Trinajstić information content (AvgIpc) is 3.31. The summed E-state index contributed by atoms with van der Waals surface area (Å²) < 4.78 is 12.5. The lowest BCUT2D eigenvalue weighted by atomic mass is 9.86. The van der Waals surface area contributed by atoms with E-state index in [4.69, 9.17) is 14.5 Å². The Balaban J connectivity index is 1.31. The molecule has 212 valence electrons. The van der Waals surface area contributed by atoms with Crippen molar-refractivity contribution in [1.29, 1.82) is 0 Å². The van der Waals surface area contributed by atoms with Crippen LogP contribution < -0.4 is 10.3 Å². The van der Waals surface area contributed by atoms with Gasteiger partial charge < -0.3 is 19.1 Å². The highest BCUT2D eigenvalue weighted by Crippen LogP contribution is 2.39. The lowest BCUT2D eigenvalue weighted by Gasteiger charge is -2.31. The molecule has 0 saturated carbocycles. The molecule has 1 unspecified atom stereocenters. The number of cyclic esters (lactones) is 1. The van der Waals surface area contributed by atoms with Crippen molar-refractivity contribution in [2.75, 3.05) is 0 Å². The number of nitrogens with zero attached hydrogens (tertiary/aromatic N) is 2. The molecule has 2 aliphatic rings. The van der Waals surface area contributed by atoms with Gasteiger partial charge in [-0.1, -0.05) is 71.3 Å². The summed E-state index contributed by atoms with van der Waals surface area (Å²) in [4.78, 5) is 43.2. The quantitative estimate of drug-likeness (QED) is 0.134. The highest BCUT2D eigenvalue weighted by Gasteiger charge is 2.45. The predicted molar refractivity (Wildman–Crippen MR) is 152 cm³/mol. The third-order valence-electron chi connectivity index (χ3n) is 8.22. The summed E-state index contributed by atoms with van der Waals surface area (Å²) in [6.07, 6.45) is 11.1. The minimum atomic E-state index is -1.86. The molecule has 40 heavy (non-hydrogen) atoms. The van der Waals surface area contributed by atoms with Gasteiger partial charge in [-0.05, 0) is 37.1 Å². The Bertz CT molecular complexity index is 1490. The Morgan fingerprint density at radius 2 is 1.77 bits per heavy atom. The highest BCUT2D eigenvalue weighted by molar-refractivity contribution is 5.91. The fourth-order valence-electron chi connectivity index (χ4n) is 5.82. The molecule has 5 rings (SSSR count). The maximum absolute atomic E-state index is 13.4. The van der Waals surface area contributed by atoms with E-state index in [-0.39, 0.29) is 35.7 Å². The van der Waals surface area contributed by atoms with Crippen LogP contribution in [-0.4, -0.2) is 26.6 Å². The molecule has 0 fully saturated rings. The summed E-state index contributed by atoms with van der Waals surface area (Å²) in [6, 6.07) is 9.01. The topological polar surface area (TPSA) is 108 Å². The van der Waals surface area contributed by atoms with E-state index in [0.717, 1.165) is 24.8 Å². The van der Waals surface area contributed by atoms with E-state index in [9.17, 15) is 19.5 Å². The number of hydrogen-bond acceptors (Lipinski definition) is 7. The number of carbonyl (C=O) groups excluding carboxylic acids is 2. The molecule has 3 aromatic rings. The Kier molecular flexibility index (Phi) is 8.35. The van der Waals surface area contributed by atoms with E-state index in [0.29, 0.717) is 41.0 Å². The van der Waals surface area contributed by atoms with Gasteiger partial charge in [0, 0.05) is 22.9 Å². The summed E-state index contributed by atoms with van der Waals surface area (Å²) in [5.41, 5.74) is 1.02. The smallest absolute Gasteiger partial charge is 0.343 e. The zero-order valence-electron chi connectivity index (χ0n) is 23.5. The summed E-state index contributed by atoms with van der Waals surface area (Å²) >= 11 is 0. The molecule has 1 atom stereocenters. The first kappa shape index (κ1) is 28.0. The second-order valence-corrected chi connectivity index (χ2v) is 11.0. The Hall–Kier alpha value is -3.52. The SMILES string of the molecule is CCCCCCCCCCCC(=O)Oc1cccc2nc3c(cc12)Cn1c-3cc2c(c1=O)COC(=O)C2(O)CC. The molecule has 0 amide bonds. The number of esters is 2. The van der Waals surface area contributed by atoms with Crippen LogP contribution in [0.5, 0.6) is 5.75 Å². The van der Waals surface area contributed by atoms with Crippen LogP contribution in [0.4, 0.5) is 0 Å². The van der Waals surface area contributed by atoms with Gasteiger partial charge in [-0.3, -0.25) is 9.59 Å². The van der Waals surface area contributed by atoms with E-state index in [1.54, 1.807) is 29.7 Å². The van der Waals surface area contributed by atoms with E-state index >= 15 is 0 Å². The maximum atomic E-state index is 13.4. The van der Waals surface area contributed by atoms with Crippen LogP contribution in [0.25, 0.3) is 22.3 Å². The zero-order chi connectivity index (χ0) is 28.3. The Morgan fingerprint density at radius 3 is 2.50 bits per heavy atom. The highest BCUT2D eigenvalue weighted by atomic mass is 16.6. The number of pyridine rings is 2. The number of aromatic nitrogens is 2. The number of unbranched alkanes of at least 4 members (excludes halogenated alkanes) is 8. The second kappa shape index (κ2) is 11.9. The number of fused-ring (bicyclic) bond motifs is 5. The van der Waals surface area contributed by atoms with Crippen LogP contribution >= 0.6 is 0 Å². The summed E-state index contributed by atoms with van der Waals surface area (Å²) in [5, 5.41) is 11.8. The Morgan fingerprint density at radius 1 is 1.05 bits per heavy atom.